The highest BCUT2D eigenvalue weighted by molar-refractivity contribution is 5.93. The van der Waals surface area contributed by atoms with Gasteiger partial charge in [-0.15, -0.1) is 0 Å². The molecule has 2 saturated carbocycles. The lowest BCUT2D eigenvalue weighted by atomic mass is 9.51. The zero-order valence-electron chi connectivity index (χ0n) is 19.8. The number of Topliss-reactive ketones (excluding diaryl/α,β-unsaturated/α-hetero) is 1. The van der Waals surface area contributed by atoms with Crippen molar-refractivity contribution in [3.05, 3.63) is 52.6 Å². The summed E-state index contributed by atoms with van der Waals surface area (Å²) in [6, 6.07) is 8.78. The molecule has 0 spiro atoms. The standard InChI is InChI=1S/C28H35NO3/c1-17(30)28(32)14-13-25-23-11-7-19-15-21(31)10-12-22(19)26(23)24(16-27(25,28)2)18-5-8-20(9-6-18)29(3)4/h5-6,8-9,15,23-25,32H,7,10-14,16H2,1-4H3/t23?,24?,25-,27-,28-/m0/s1. The van der Waals surface area contributed by atoms with Gasteiger partial charge in [0.1, 0.15) is 5.60 Å². The van der Waals surface area contributed by atoms with E-state index in [2.05, 4.69) is 36.1 Å². The number of aliphatic hydroxyl groups is 1. The van der Waals surface area contributed by atoms with E-state index in [1.807, 2.05) is 20.2 Å². The van der Waals surface area contributed by atoms with Gasteiger partial charge in [-0.25, -0.2) is 0 Å². The molecule has 0 saturated heterocycles. The first kappa shape index (κ1) is 21.6. The summed E-state index contributed by atoms with van der Waals surface area (Å²) in [5, 5.41) is 11.6. The van der Waals surface area contributed by atoms with Crippen LogP contribution < -0.4 is 4.90 Å². The van der Waals surface area contributed by atoms with Crippen molar-refractivity contribution in [2.45, 2.75) is 70.3 Å². The van der Waals surface area contributed by atoms with E-state index in [9.17, 15) is 14.7 Å². The van der Waals surface area contributed by atoms with E-state index < -0.39 is 11.0 Å². The third-order valence-corrected chi connectivity index (χ3v) is 9.28. The van der Waals surface area contributed by atoms with E-state index in [0.717, 1.165) is 37.8 Å². The quantitative estimate of drug-likeness (QED) is 0.731. The molecule has 32 heavy (non-hydrogen) atoms. The van der Waals surface area contributed by atoms with Crippen LogP contribution in [0.2, 0.25) is 0 Å². The summed E-state index contributed by atoms with van der Waals surface area (Å²) in [5.41, 5.74) is 4.91. The van der Waals surface area contributed by atoms with Crippen molar-refractivity contribution < 1.29 is 14.7 Å². The first-order valence-electron chi connectivity index (χ1n) is 12.1. The number of carbonyl (C=O) groups excluding carboxylic acids is 2. The number of rotatable bonds is 3. The van der Waals surface area contributed by atoms with E-state index in [0.29, 0.717) is 24.7 Å². The molecule has 5 rings (SSSR count). The minimum Gasteiger partial charge on any atom is -0.382 e. The molecule has 0 heterocycles. The SMILES string of the molecule is CC(=O)[C@@]1(O)CC[C@H]2C3CCC4=CC(=O)CCC4=C3C(c3ccc(N(C)C)cc3)C[C@@]21C. The lowest BCUT2D eigenvalue weighted by Gasteiger charge is -2.54. The van der Waals surface area contributed by atoms with Crippen molar-refractivity contribution in [3.8, 4) is 0 Å². The van der Waals surface area contributed by atoms with Gasteiger partial charge < -0.3 is 10.0 Å². The van der Waals surface area contributed by atoms with Crippen LogP contribution >= 0.6 is 0 Å². The summed E-state index contributed by atoms with van der Waals surface area (Å²) in [4.78, 5) is 27.0. The van der Waals surface area contributed by atoms with Crippen molar-refractivity contribution in [1.29, 1.82) is 0 Å². The maximum Gasteiger partial charge on any atom is 0.161 e. The molecule has 1 N–H and O–H groups in total. The molecular formula is C28H35NO3. The average Bonchev–Trinajstić information content (AvgIpc) is 3.04. The van der Waals surface area contributed by atoms with Crippen molar-refractivity contribution in [1.82, 2.24) is 0 Å². The second-order valence-electron chi connectivity index (χ2n) is 10.9. The van der Waals surface area contributed by atoms with E-state index in [1.165, 1.54) is 22.3 Å². The van der Waals surface area contributed by atoms with Crippen LogP contribution in [0.15, 0.2) is 47.1 Å². The molecule has 1 aromatic carbocycles. The number of allylic oxidation sites excluding steroid dienone is 4. The van der Waals surface area contributed by atoms with Crippen LogP contribution in [-0.2, 0) is 9.59 Å². The van der Waals surface area contributed by atoms with Crippen LogP contribution in [0.5, 0.6) is 0 Å². The number of fused-ring (bicyclic) bond motifs is 4. The predicted octanol–water partition coefficient (Wildman–Crippen LogP) is 4.97. The van der Waals surface area contributed by atoms with Crippen LogP contribution in [0, 0.1) is 17.3 Å². The molecule has 4 heteroatoms. The molecule has 0 radical (unpaired) electrons. The van der Waals surface area contributed by atoms with Gasteiger partial charge in [-0.1, -0.05) is 24.6 Å². The molecule has 5 atom stereocenters. The summed E-state index contributed by atoms with van der Waals surface area (Å²) in [6.07, 6.45) is 7.53. The number of nitrogens with zero attached hydrogens (tertiary/aromatic N) is 1. The van der Waals surface area contributed by atoms with E-state index in [4.69, 9.17) is 0 Å². The van der Waals surface area contributed by atoms with Crippen LogP contribution in [0.1, 0.15) is 70.3 Å². The van der Waals surface area contributed by atoms with Crippen molar-refractivity contribution in [2.24, 2.45) is 17.3 Å². The van der Waals surface area contributed by atoms with Gasteiger partial charge in [-0.05, 0) is 92.2 Å². The Labute approximate surface area is 191 Å². The summed E-state index contributed by atoms with van der Waals surface area (Å²) < 4.78 is 0. The summed E-state index contributed by atoms with van der Waals surface area (Å²) in [5.74, 6) is 1.03. The molecule has 2 fully saturated rings. The van der Waals surface area contributed by atoms with Gasteiger partial charge in [-0.3, -0.25) is 9.59 Å². The number of anilines is 1. The molecule has 4 nitrogen and oxygen atoms in total. The molecule has 0 amide bonds. The van der Waals surface area contributed by atoms with Crippen LogP contribution in [0.4, 0.5) is 5.69 Å². The number of hydrogen-bond donors (Lipinski definition) is 1. The topological polar surface area (TPSA) is 57.6 Å². The van der Waals surface area contributed by atoms with Gasteiger partial charge in [-0.2, -0.15) is 0 Å². The maximum absolute atomic E-state index is 12.7. The highest BCUT2D eigenvalue weighted by Gasteiger charge is 2.64. The molecular weight excluding hydrogens is 398 g/mol. The Bertz CT molecular complexity index is 1030. The Morgan fingerprint density at radius 1 is 1.09 bits per heavy atom. The van der Waals surface area contributed by atoms with E-state index in [1.54, 1.807) is 6.92 Å². The maximum atomic E-state index is 12.7. The Morgan fingerprint density at radius 2 is 1.81 bits per heavy atom. The van der Waals surface area contributed by atoms with Crippen LogP contribution in [0.25, 0.3) is 0 Å². The predicted molar refractivity (Wildman–Crippen MR) is 127 cm³/mol. The zero-order valence-corrected chi connectivity index (χ0v) is 19.8. The molecule has 1 aromatic rings. The fraction of sp³-hybridized carbons (Fsp3) is 0.571. The number of hydrogen-bond acceptors (Lipinski definition) is 4. The van der Waals surface area contributed by atoms with Gasteiger partial charge in [0, 0.05) is 37.5 Å². The second kappa shape index (κ2) is 7.41. The van der Waals surface area contributed by atoms with Gasteiger partial charge in [0.15, 0.2) is 11.6 Å². The van der Waals surface area contributed by atoms with Crippen molar-refractivity contribution >= 4 is 17.3 Å². The highest BCUT2D eigenvalue weighted by Crippen LogP contribution is 2.66. The fourth-order valence-electron chi connectivity index (χ4n) is 7.55. The number of carbonyl (C=O) groups is 2. The van der Waals surface area contributed by atoms with Crippen LogP contribution in [0.3, 0.4) is 0 Å². The molecule has 170 valence electrons. The van der Waals surface area contributed by atoms with Gasteiger partial charge >= 0.3 is 0 Å². The normalized spacial score (nSPS) is 36.2. The lowest BCUT2D eigenvalue weighted by Crippen LogP contribution is -2.55. The van der Waals surface area contributed by atoms with Gasteiger partial charge in [0.25, 0.3) is 0 Å². The molecule has 0 aliphatic heterocycles. The third-order valence-electron chi connectivity index (χ3n) is 9.28. The first-order valence-corrected chi connectivity index (χ1v) is 12.1. The van der Waals surface area contributed by atoms with Gasteiger partial charge in [0.2, 0.25) is 0 Å². The first-order chi connectivity index (χ1) is 15.2. The minimum atomic E-state index is -1.24. The van der Waals surface area contributed by atoms with E-state index in [-0.39, 0.29) is 17.5 Å². The fourth-order valence-corrected chi connectivity index (χ4v) is 7.55. The number of benzene rings is 1. The summed E-state index contributed by atoms with van der Waals surface area (Å²) >= 11 is 0. The molecule has 0 bridgehead atoms. The Kier molecular flexibility index (Phi) is 5.01. The minimum absolute atomic E-state index is 0.0834. The highest BCUT2D eigenvalue weighted by atomic mass is 16.3. The van der Waals surface area contributed by atoms with Gasteiger partial charge in [0.05, 0.1) is 0 Å². The van der Waals surface area contributed by atoms with E-state index >= 15 is 0 Å². The Balaban J connectivity index is 1.67. The lowest BCUT2D eigenvalue weighted by molar-refractivity contribution is -0.152. The largest absolute Gasteiger partial charge is 0.382 e. The molecule has 4 aliphatic rings. The number of ketones is 2. The summed E-state index contributed by atoms with van der Waals surface area (Å²) in [6.45, 7) is 3.74. The molecule has 0 aromatic heterocycles. The summed E-state index contributed by atoms with van der Waals surface area (Å²) in [7, 11) is 4.09. The molecule has 4 aliphatic carbocycles. The Hall–Kier alpha value is -2.20. The van der Waals surface area contributed by atoms with Crippen molar-refractivity contribution in [2.75, 3.05) is 19.0 Å². The Morgan fingerprint density at radius 3 is 2.47 bits per heavy atom. The third kappa shape index (κ3) is 2.98. The average molecular weight is 434 g/mol. The molecule has 2 unspecified atom stereocenters. The van der Waals surface area contributed by atoms with Crippen molar-refractivity contribution in [3.63, 3.8) is 0 Å². The van der Waals surface area contributed by atoms with Crippen LogP contribution in [-0.4, -0.2) is 36.4 Å². The smallest absolute Gasteiger partial charge is 0.161 e. The monoisotopic (exact) mass is 433 g/mol. The second-order valence-corrected chi connectivity index (χ2v) is 10.9. The zero-order chi connectivity index (χ0) is 22.8.